The average molecular weight is 234 g/mol. The third kappa shape index (κ3) is 2.50. The summed E-state index contributed by atoms with van der Waals surface area (Å²) in [5, 5.41) is 0. The van der Waals surface area contributed by atoms with Crippen LogP contribution in [0.15, 0.2) is 23.8 Å². The Morgan fingerprint density at radius 1 is 1.25 bits per heavy atom. The van der Waals surface area contributed by atoms with Gasteiger partial charge in [0.1, 0.15) is 0 Å². The number of hydrogen-bond acceptors (Lipinski definition) is 0. The van der Waals surface area contributed by atoms with Crippen molar-refractivity contribution in [1.29, 1.82) is 0 Å². The van der Waals surface area contributed by atoms with Crippen molar-refractivity contribution < 1.29 is 0 Å². The molecule has 4 atom stereocenters. The lowest BCUT2D eigenvalue weighted by Crippen LogP contribution is -2.26. The number of fused-ring (bicyclic) bond motifs is 1. The van der Waals surface area contributed by atoms with Crippen LogP contribution in [0.4, 0.5) is 0 Å². The number of rotatable bonds is 2. The van der Waals surface area contributed by atoms with Crippen LogP contribution in [-0.4, -0.2) is 8.07 Å². The van der Waals surface area contributed by atoms with E-state index in [-0.39, 0.29) is 0 Å². The second kappa shape index (κ2) is 4.18. The smallest absolute Gasteiger partial charge is 0.0445 e. The fourth-order valence-corrected chi connectivity index (χ4v) is 5.69. The Balaban J connectivity index is 2.15. The summed E-state index contributed by atoms with van der Waals surface area (Å²) in [4.78, 5) is 0. The standard InChI is InChI=1S/C15H26Si/c1-11-6-7-14-12(2)9-13(15(14)8-11)10-16(3,4)5/h6-8,12-15H,9-10H2,1-5H3. The molecule has 1 fully saturated rings. The van der Waals surface area contributed by atoms with Crippen LogP contribution in [0.3, 0.4) is 0 Å². The summed E-state index contributed by atoms with van der Waals surface area (Å²) in [5.41, 5.74) is 1.48. The Morgan fingerprint density at radius 3 is 2.56 bits per heavy atom. The van der Waals surface area contributed by atoms with Gasteiger partial charge in [0, 0.05) is 8.07 Å². The first-order valence-corrected chi connectivity index (χ1v) is 10.4. The van der Waals surface area contributed by atoms with Crippen molar-refractivity contribution in [1.82, 2.24) is 0 Å². The molecule has 2 rings (SSSR count). The van der Waals surface area contributed by atoms with Crippen molar-refractivity contribution in [2.75, 3.05) is 0 Å². The Bertz CT molecular complexity index is 319. The molecule has 0 saturated heterocycles. The maximum Gasteiger partial charge on any atom is 0.0445 e. The zero-order valence-corrected chi connectivity index (χ0v) is 12.5. The number of allylic oxidation sites excluding steroid dienone is 4. The van der Waals surface area contributed by atoms with Gasteiger partial charge in [-0.15, -0.1) is 0 Å². The second-order valence-corrected chi connectivity index (χ2v) is 12.7. The highest BCUT2D eigenvalue weighted by atomic mass is 28.3. The molecular formula is C15H26Si. The van der Waals surface area contributed by atoms with Gasteiger partial charge in [0.05, 0.1) is 0 Å². The molecule has 2 aliphatic rings. The van der Waals surface area contributed by atoms with Gasteiger partial charge in [0.2, 0.25) is 0 Å². The van der Waals surface area contributed by atoms with E-state index in [1.807, 2.05) is 0 Å². The topological polar surface area (TPSA) is 0 Å². The molecule has 16 heavy (non-hydrogen) atoms. The Labute approximate surface area is 102 Å². The fraction of sp³-hybridized carbons (Fsp3) is 0.733. The minimum absolute atomic E-state index is 0.838. The zero-order valence-electron chi connectivity index (χ0n) is 11.5. The lowest BCUT2D eigenvalue weighted by atomic mass is 9.83. The molecule has 0 nitrogen and oxygen atoms in total. The predicted octanol–water partition coefficient (Wildman–Crippen LogP) is 4.73. The Morgan fingerprint density at radius 2 is 1.94 bits per heavy atom. The summed E-state index contributed by atoms with van der Waals surface area (Å²) in [6, 6.07) is 1.51. The number of hydrogen-bond donors (Lipinski definition) is 0. The van der Waals surface area contributed by atoms with Crippen molar-refractivity contribution in [3.63, 3.8) is 0 Å². The molecule has 4 unspecified atom stereocenters. The van der Waals surface area contributed by atoms with Gasteiger partial charge in [-0.3, -0.25) is 0 Å². The first kappa shape index (κ1) is 12.2. The summed E-state index contributed by atoms with van der Waals surface area (Å²) < 4.78 is 0. The molecule has 0 aromatic carbocycles. The largest absolute Gasteiger partial charge is 0.0803 e. The van der Waals surface area contributed by atoms with E-state index in [0.29, 0.717) is 0 Å². The molecule has 0 N–H and O–H groups in total. The first-order valence-electron chi connectivity index (χ1n) is 6.73. The second-order valence-electron chi connectivity index (χ2n) is 7.16. The van der Waals surface area contributed by atoms with Crippen molar-refractivity contribution in [3.05, 3.63) is 23.8 Å². The minimum atomic E-state index is -0.904. The van der Waals surface area contributed by atoms with Crippen molar-refractivity contribution in [2.24, 2.45) is 23.7 Å². The summed E-state index contributed by atoms with van der Waals surface area (Å²) in [5.74, 6) is 3.55. The van der Waals surface area contributed by atoms with Crippen LogP contribution in [-0.2, 0) is 0 Å². The molecule has 1 saturated carbocycles. The zero-order chi connectivity index (χ0) is 11.9. The van der Waals surface area contributed by atoms with Crippen LogP contribution in [0.25, 0.3) is 0 Å². The van der Waals surface area contributed by atoms with Crippen molar-refractivity contribution in [3.8, 4) is 0 Å². The van der Waals surface area contributed by atoms with Gasteiger partial charge in [0.25, 0.3) is 0 Å². The predicted molar refractivity (Wildman–Crippen MR) is 75.3 cm³/mol. The van der Waals surface area contributed by atoms with Crippen LogP contribution < -0.4 is 0 Å². The third-order valence-electron chi connectivity index (χ3n) is 4.23. The molecule has 0 spiro atoms. The van der Waals surface area contributed by atoms with Gasteiger partial charge in [-0.05, 0) is 37.0 Å². The van der Waals surface area contributed by atoms with Crippen LogP contribution >= 0.6 is 0 Å². The average Bonchev–Trinajstić information content (AvgIpc) is 2.40. The normalized spacial score (nSPS) is 38.4. The van der Waals surface area contributed by atoms with Crippen LogP contribution in [0.2, 0.25) is 25.7 Å². The summed E-state index contributed by atoms with van der Waals surface area (Å²) in [6.45, 7) is 12.2. The first-order chi connectivity index (χ1) is 7.37. The van der Waals surface area contributed by atoms with Gasteiger partial charge in [-0.2, -0.15) is 0 Å². The van der Waals surface area contributed by atoms with Crippen molar-refractivity contribution in [2.45, 2.75) is 46.0 Å². The van der Waals surface area contributed by atoms with E-state index in [1.165, 1.54) is 18.0 Å². The van der Waals surface area contributed by atoms with E-state index in [1.54, 1.807) is 0 Å². The van der Waals surface area contributed by atoms with E-state index in [0.717, 1.165) is 23.7 Å². The molecule has 0 radical (unpaired) electrons. The molecule has 0 heterocycles. The lowest BCUT2D eigenvalue weighted by molar-refractivity contribution is 0.423. The molecular weight excluding hydrogens is 208 g/mol. The Hall–Kier alpha value is -0.303. The minimum Gasteiger partial charge on any atom is -0.0803 e. The molecule has 2 aliphatic carbocycles. The maximum absolute atomic E-state index is 2.55. The molecule has 90 valence electrons. The van der Waals surface area contributed by atoms with E-state index < -0.39 is 8.07 Å². The van der Waals surface area contributed by atoms with Gasteiger partial charge < -0.3 is 0 Å². The maximum atomic E-state index is 2.55. The molecule has 0 aromatic rings. The van der Waals surface area contributed by atoms with Crippen molar-refractivity contribution >= 4 is 8.07 Å². The van der Waals surface area contributed by atoms with Gasteiger partial charge in [-0.1, -0.05) is 56.4 Å². The highest BCUT2D eigenvalue weighted by molar-refractivity contribution is 6.76. The SMILES string of the molecule is CC1=CC2C(C[Si](C)(C)C)CC(C)C2C=C1. The van der Waals surface area contributed by atoms with Crippen LogP contribution in [0.1, 0.15) is 20.3 Å². The van der Waals surface area contributed by atoms with E-state index in [2.05, 4.69) is 51.7 Å². The molecule has 0 bridgehead atoms. The molecule has 0 aliphatic heterocycles. The highest BCUT2D eigenvalue weighted by Gasteiger charge is 2.40. The van der Waals surface area contributed by atoms with Gasteiger partial charge in [-0.25, -0.2) is 0 Å². The molecule has 0 amide bonds. The fourth-order valence-electron chi connectivity index (χ4n) is 3.68. The van der Waals surface area contributed by atoms with Gasteiger partial charge in [0.15, 0.2) is 0 Å². The third-order valence-corrected chi connectivity index (χ3v) is 5.98. The van der Waals surface area contributed by atoms with E-state index in [9.17, 15) is 0 Å². The summed E-state index contributed by atoms with van der Waals surface area (Å²) in [6.07, 6.45) is 8.82. The Kier molecular flexibility index (Phi) is 3.17. The summed E-state index contributed by atoms with van der Waals surface area (Å²) in [7, 11) is -0.904. The molecule has 0 aromatic heterocycles. The van der Waals surface area contributed by atoms with Crippen LogP contribution in [0, 0.1) is 23.7 Å². The molecule has 1 heteroatoms. The van der Waals surface area contributed by atoms with E-state index >= 15 is 0 Å². The van der Waals surface area contributed by atoms with E-state index in [4.69, 9.17) is 0 Å². The highest BCUT2D eigenvalue weighted by Crippen LogP contribution is 2.48. The monoisotopic (exact) mass is 234 g/mol. The van der Waals surface area contributed by atoms with Gasteiger partial charge >= 0.3 is 0 Å². The van der Waals surface area contributed by atoms with Crippen LogP contribution in [0.5, 0.6) is 0 Å². The quantitative estimate of drug-likeness (QED) is 0.606. The lowest BCUT2D eigenvalue weighted by Gasteiger charge is -2.28. The summed E-state index contributed by atoms with van der Waals surface area (Å²) >= 11 is 0.